The lowest BCUT2D eigenvalue weighted by Crippen LogP contribution is -2.61. The molecule has 210 valence electrons. The monoisotopic (exact) mass is 641 g/mol. The number of fused-ring (bicyclic) bond motifs is 1. The number of rotatable bonds is 10. The number of thioether (sulfide) groups is 2. The molecule has 0 bridgehead atoms. The van der Waals surface area contributed by atoms with Crippen molar-refractivity contribution in [3.05, 3.63) is 46.8 Å². The summed E-state index contributed by atoms with van der Waals surface area (Å²) in [6.07, 6.45) is 5.70. The molecule has 1 fully saturated rings. The van der Waals surface area contributed by atoms with E-state index in [0.29, 0.717) is 17.3 Å². The highest BCUT2D eigenvalue weighted by Gasteiger charge is 2.49. The molecule has 1 saturated heterocycles. The molecule has 0 unspecified atom stereocenters. The van der Waals surface area contributed by atoms with Crippen LogP contribution in [0.2, 0.25) is 0 Å². The number of nitrogens with one attached hydrogen (secondary N) is 1. The minimum atomic E-state index is -4.37. The zero-order valence-corrected chi connectivity index (χ0v) is 25.0. The number of oxime groups is 1. The Hall–Kier alpha value is -2.70. The van der Waals surface area contributed by atoms with E-state index in [-0.39, 0.29) is 34.6 Å². The number of aliphatic imine (C=N–C) groups is 1. The second kappa shape index (κ2) is 12.0. The topological polar surface area (TPSA) is 193 Å². The van der Waals surface area contributed by atoms with Crippen molar-refractivity contribution in [3.8, 4) is 11.3 Å². The number of thiazole rings is 1. The summed E-state index contributed by atoms with van der Waals surface area (Å²) in [5.74, 6) is -0.774. The normalized spacial score (nSPS) is 19.7. The van der Waals surface area contributed by atoms with E-state index in [4.69, 9.17) is 9.82 Å². The van der Waals surface area contributed by atoms with E-state index < -0.39 is 20.0 Å². The second-order valence-electron chi connectivity index (χ2n) is 8.24. The van der Waals surface area contributed by atoms with E-state index in [2.05, 4.69) is 19.5 Å². The van der Waals surface area contributed by atoms with Crippen LogP contribution in [0.15, 0.2) is 55.5 Å². The fourth-order valence-electron chi connectivity index (χ4n) is 3.52. The second-order valence-corrected chi connectivity index (χ2v) is 13.7. The van der Waals surface area contributed by atoms with E-state index in [1.54, 1.807) is 18.0 Å². The van der Waals surface area contributed by atoms with Gasteiger partial charge in [-0.1, -0.05) is 16.9 Å². The Balaban J connectivity index is 1.26. The quantitative estimate of drug-likeness (QED) is 0.0613. The highest BCUT2D eigenvalue weighted by molar-refractivity contribution is 8.07. The Morgan fingerprint density at radius 1 is 1.35 bits per heavy atom. The van der Waals surface area contributed by atoms with Crippen molar-refractivity contribution in [1.29, 1.82) is 0 Å². The molecule has 14 nitrogen and oxygen atoms in total. The van der Waals surface area contributed by atoms with Crippen molar-refractivity contribution in [2.45, 2.75) is 22.7 Å². The predicted octanol–water partition coefficient (Wildman–Crippen LogP) is 0.969. The fourth-order valence-corrected chi connectivity index (χ4v) is 8.06. The van der Waals surface area contributed by atoms with Gasteiger partial charge in [0.15, 0.2) is 34.3 Å². The Morgan fingerprint density at radius 2 is 2.12 bits per heavy atom. The molecule has 2 aliphatic heterocycles. The largest absolute Gasteiger partial charge is 0.857 e. The van der Waals surface area contributed by atoms with Gasteiger partial charge in [0.05, 0.1) is 5.69 Å². The lowest BCUT2D eigenvalue weighted by molar-refractivity contribution is -0.671. The lowest BCUT2D eigenvalue weighted by atomic mass is 10.1. The van der Waals surface area contributed by atoms with E-state index in [1.165, 1.54) is 34.9 Å². The van der Waals surface area contributed by atoms with Gasteiger partial charge in [-0.2, -0.15) is 29.1 Å². The van der Waals surface area contributed by atoms with Crippen LogP contribution in [0.25, 0.3) is 11.3 Å². The van der Waals surface area contributed by atoms with Crippen LogP contribution in [0.1, 0.15) is 12.7 Å². The number of carbonyl (C=O) groups is 1. The average Bonchev–Trinajstić information content (AvgIpc) is 3.57. The van der Waals surface area contributed by atoms with Gasteiger partial charge >= 0.3 is 8.09 Å². The van der Waals surface area contributed by atoms with Crippen LogP contribution in [-0.2, 0) is 16.7 Å². The van der Waals surface area contributed by atoms with Crippen LogP contribution in [-0.4, -0.2) is 75.2 Å². The van der Waals surface area contributed by atoms with Gasteiger partial charge in [-0.05, 0) is 6.92 Å². The van der Waals surface area contributed by atoms with Crippen LogP contribution < -0.4 is 14.8 Å². The SMILES string of the molecule is CCO/N=C(\C([O-])=N[C@@H]1C(=O)N2C=C(Sc3nc(-c4cc[n+](C)cc4)cs3)CS[C@H]12)c1nsc(N[P+](O)(O)O)n1. The average molecular weight is 642 g/mol. The molecular formula is C21H22N8O6PS4+. The van der Waals surface area contributed by atoms with E-state index in [1.807, 2.05) is 46.6 Å². The van der Waals surface area contributed by atoms with Crippen LogP contribution in [0.4, 0.5) is 5.13 Å². The van der Waals surface area contributed by atoms with Crippen LogP contribution in [0.5, 0.6) is 0 Å². The molecule has 5 rings (SSSR count). The number of β-lactam (4-membered cyclic amide) rings is 1. The number of carbonyl (C=O) groups excluding carboxylic acids is 1. The smallest absolute Gasteiger partial charge is 0.522 e. The van der Waals surface area contributed by atoms with Crippen molar-refractivity contribution in [2.75, 3.05) is 17.4 Å². The summed E-state index contributed by atoms with van der Waals surface area (Å²) < 4.78 is 6.76. The number of anilines is 1. The molecule has 0 aliphatic carbocycles. The van der Waals surface area contributed by atoms with Crippen molar-refractivity contribution in [3.63, 3.8) is 0 Å². The molecule has 0 saturated carbocycles. The molecule has 19 heteroatoms. The minimum Gasteiger partial charge on any atom is -0.857 e. The van der Waals surface area contributed by atoms with Gasteiger partial charge in [-0.25, -0.2) is 9.55 Å². The van der Waals surface area contributed by atoms with Crippen LogP contribution in [0.3, 0.4) is 0 Å². The molecule has 0 spiro atoms. The molecule has 5 heterocycles. The third kappa shape index (κ3) is 6.60. The van der Waals surface area contributed by atoms with Gasteiger partial charge in [-0.15, -0.1) is 23.1 Å². The highest BCUT2D eigenvalue weighted by atomic mass is 32.2. The molecule has 2 atom stereocenters. The fraction of sp³-hybridized carbons (Fsp3) is 0.286. The predicted molar refractivity (Wildman–Crippen MR) is 152 cm³/mol. The van der Waals surface area contributed by atoms with Gasteiger partial charge in [0, 0.05) is 57.4 Å². The van der Waals surface area contributed by atoms with Crippen LogP contribution in [0, 0.1) is 0 Å². The molecular weight excluding hydrogens is 620 g/mol. The van der Waals surface area contributed by atoms with Crippen molar-refractivity contribution in [2.24, 2.45) is 17.2 Å². The zero-order chi connectivity index (χ0) is 28.4. The molecule has 2 aliphatic rings. The van der Waals surface area contributed by atoms with E-state index >= 15 is 0 Å². The number of nitrogens with zero attached hydrogens (tertiary/aromatic N) is 7. The zero-order valence-electron chi connectivity index (χ0n) is 20.8. The summed E-state index contributed by atoms with van der Waals surface area (Å²) in [6, 6.07) is 3.09. The molecule has 4 N–H and O–H groups in total. The number of pyridine rings is 1. The maximum Gasteiger partial charge on any atom is 0.522 e. The molecule has 3 aromatic heterocycles. The highest BCUT2D eigenvalue weighted by Crippen LogP contribution is 2.45. The Kier molecular flexibility index (Phi) is 8.67. The summed E-state index contributed by atoms with van der Waals surface area (Å²) in [5.41, 5.74) is 1.56. The van der Waals surface area contributed by atoms with Gasteiger partial charge in [0.1, 0.15) is 19.0 Å². The van der Waals surface area contributed by atoms with E-state index in [0.717, 1.165) is 20.5 Å². The molecule has 3 aromatic rings. The van der Waals surface area contributed by atoms with Gasteiger partial charge in [-0.3, -0.25) is 9.79 Å². The number of hydrogen-bond donors (Lipinski definition) is 4. The summed E-state index contributed by atoms with van der Waals surface area (Å²) in [4.78, 5) is 60.7. The first-order valence-electron chi connectivity index (χ1n) is 11.5. The van der Waals surface area contributed by atoms with Crippen molar-refractivity contribution in [1.82, 2.24) is 19.2 Å². The first-order valence-corrected chi connectivity index (χ1v) is 16.7. The molecule has 40 heavy (non-hydrogen) atoms. The minimum absolute atomic E-state index is 0.148. The Labute approximate surface area is 245 Å². The number of aromatic nitrogens is 4. The van der Waals surface area contributed by atoms with Crippen molar-refractivity contribution >= 4 is 77.1 Å². The third-order valence-corrected chi connectivity index (χ3v) is 10.1. The maximum atomic E-state index is 13.0. The number of amides is 1. The molecule has 1 amide bonds. The lowest BCUT2D eigenvalue weighted by Gasteiger charge is -2.45. The summed E-state index contributed by atoms with van der Waals surface area (Å²) in [5, 5.41) is 20.2. The Bertz CT molecular complexity index is 1490. The molecule has 0 aromatic carbocycles. The van der Waals surface area contributed by atoms with Gasteiger partial charge in [0.25, 0.3) is 5.91 Å². The third-order valence-electron chi connectivity index (χ3n) is 5.33. The Morgan fingerprint density at radius 3 is 2.85 bits per heavy atom. The summed E-state index contributed by atoms with van der Waals surface area (Å²) >= 11 is 5.19. The molecule has 0 radical (unpaired) electrons. The van der Waals surface area contributed by atoms with Gasteiger partial charge in [0.2, 0.25) is 5.13 Å². The van der Waals surface area contributed by atoms with E-state index in [9.17, 15) is 24.6 Å². The number of aryl methyl sites for hydroxylation is 1. The van der Waals surface area contributed by atoms with Crippen LogP contribution >= 0.6 is 54.5 Å². The standard InChI is InChI=1S/C21H22N8O6PS4/c1-3-35-25-14(16-24-20(40-27-16)26-36(32,33)34)17(30)23-15-18(31)29-8-12(9-37-19(15)29)39-21-22-13(10-38-21)11-4-6-28(2)7-5-11/h4-8,10,15,19,32-34H,3,9H2,1-2H3,(H-,23,24,26,27,30)/q+1/b25-14-/t15-,19-/m1/s1. The maximum absolute atomic E-state index is 13.0. The summed E-state index contributed by atoms with van der Waals surface area (Å²) in [6.45, 7) is 1.81. The van der Waals surface area contributed by atoms with Crippen molar-refractivity contribution < 1.29 is 34.0 Å². The van der Waals surface area contributed by atoms with Gasteiger partial charge < -0.3 is 14.8 Å². The first kappa shape index (κ1) is 28.8. The first-order chi connectivity index (χ1) is 19.1. The summed E-state index contributed by atoms with van der Waals surface area (Å²) in [7, 11) is -2.42. The number of hydrogen-bond acceptors (Lipinski definition) is 16.